The molecule has 122 valence electrons. The van der Waals surface area contributed by atoms with Crippen LogP contribution in [-0.4, -0.2) is 12.1 Å². The van der Waals surface area contributed by atoms with Gasteiger partial charge in [0.2, 0.25) is 0 Å². The molecule has 2 atom stereocenters. The number of hydrogen-bond acceptors (Lipinski definition) is 2. The molecular weight excluding hydrogens is 244 g/mol. The molecular formula is C18H40N2. The van der Waals surface area contributed by atoms with Crippen molar-refractivity contribution in [3.05, 3.63) is 0 Å². The van der Waals surface area contributed by atoms with Crippen molar-refractivity contribution in [1.82, 2.24) is 0 Å². The Balaban J connectivity index is 3.06. The Morgan fingerprint density at radius 1 is 0.650 bits per heavy atom. The zero-order chi connectivity index (χ0) is 15.1. The van der Waals surface area contributed by atoms with E-state index >= 15 is 0 Å². The molecule has 0 aliphatic carbocycles. The summed E-state index contributed by atoms with van der Waals surface area (Å²) in [6.45, 7) is 4.32. The van der Waals surface area contributed by atoms with E-state index in [1.807, 2.05) is 6.92 Å². The first kappa shape index (κ1) is 19.9. The molecule has 0 bridgehead atoms. The van der Waals surface area contributed by atoms with Crippen LogP contribution in [0.5, 0.6) is 0 Å². The minimum absolute atomic E-state index is 0.252. The molecule has 0 rings (SSSR count). The predicted molar refractivity (Wildman–Crippen MR) is 91.9 cm³/mol. The summed E-state index contributed by atoms with van der Waals surface area (Å²) in [5, 5.41) is 0. The van der Waals surface area contributed by atoms with Crippen molar-refractivity contribution >= 4 is 0 Å². The summed E-state index contributed by atoms with van der Waals surface area (Å²) in [4.78, 5) is 0. The van der Waals surface area contributed by atoms with Crippen LogP contribution in [-0.2, 0) is 0 Å². The average Bonchev–Trinajstić information content (AvgIpc) is 2.39. The van der Waals surface area contributed by atoms with Crippen LogP contribution in [0.15, 0.2) is 0 Å². The Bertz CT molecular complexity index is 180. The summed E-state index contributed by atoms with van der Waals surface area (Å²) in [5.74, 6) is 0. The SMILES string of the molecule is CCCCCCCCCCCCCCC(N)CC(C)N. The Morgan fingerprint density at radius 3 is 1.45 bits per heavy atom. The first-order valence-corrected chi connectivity index (χ1v) is 9.18. The molecule has 0 aliphatic rings. The van der Waals surface area contributed by atoms with Crippen molar-refractivity contribution in [3.63, 3.8) is 0 Å². The highest BCUT2D eigenvalue weighted by Crippen LogP contribution is 2.13. The van der Waals surface area contributed by atoms with E-state index in [0.29, 0.717) is 6.04 Å². The topological polar surface area (TPSA) is 52.0 Å². The molecule has 0 saturated heterocycles. The molecule has 0 aromatic heterocycles. The molecule has 0 amide bonds. The third kappa shape index (κ3) is 16.0. The lowest BCUT2D eigenvalue weighted by molar-refractivity contribution is 0.480. The first-order valence-electron chi connectivity index (χ1n) is 9.18. The maximum Gasteiger partial charge on any atom is 0.00534 e. The number of unbranched alkanes of at least 4 members (excludes halogenated alkanes) is 11. The van der Waals surface area contributed by atoms with Crippen LogP contribution in [0, 0.1) is 0 Å². The Kier molecular flexibility index (Phi) is 15.3. The molecule has 2 heteroatoms. The minimum atomic E-state index is 0.252. The highest BCUT2D eigenvalue weighted by Gasteiger charge is 2.04. The lowest BCUT2D eigenvalue weighted by atomic mass is 10.0. The zero-order valence-electron chi connectivity index (χ0n) is 14.2. The molecule has 0 saturated carbocycles. The van der Waals surface area contributed by atoms with Crippen LogP contribution in [0.4, 0.5) is 0 Å². The van der Waals surface area contributed by atoms with Gasteiger partial charge in [0.05, 0.1) is 0 Å². The van der Waals surface area contributed by atoms with Crippen LogP contribution < -0.4 is 11.5 Å². The van der Waals surface area contributed by atoms with Gasteiger partial charge in [0.1, 0.15) is 0 Å². The van der Waals surface area contributed by atoms with Crippen LogP contribution in [0.3, 0.4) is 0 Å². The molecule has 0 aliphatic heterocycles. The highest BCUT2D eigenvalue weighted by molar-refractivity contribution is 4.67. The predicted octanol–water partition coefficient (Wildman–Crippen LogP) is 5.14. The summed E-state index contributed by atoms with van der Waals surface area (Å²) in [6, 6.07) is 0.570. The Hall–Kier alpha value is -0.0800. The van der Waals surface area contributed by atoms with Gasteiger partial charge in [0.25, 0.3) is 0 Å². The van der Waals surface area contributed by atoms with E-state index in [2.05, 4.69) is 6.92 Å². The summed E-state index contributed by atoms with van der Waals surface area (Å²) >= 11 is 0. The van der Waals surface area contributed by atoms with Gasteiger partial charge in [-0.15, -0.1) is 0 Å². The van der Waals surface area contributed by atoms with Gasteiger partial charge in [0.15, 0.2) is 0 Å². The summed E-state index contributed by atoms with van der Waals surface area (Å²) in [6.07, 6.45) is 19.0. The molecule has 20 heavy (non-hydrogen) atoms. The van der Waals surface area contributed by atoms with Gasteiger partial charge in [-0.05, 0) is 19.8 Å². The number of hydrogen-bond donors (Lipinski definition) is 2. The van der Waals surface area contributed by atoms with Gasteiger partial charge in [-0.25, -0.2) is 0 Å². The first-order chi connectivity index (χ1) is 9.66. The average molecular weight is 285 g/mol. The van der Waals surface area contributed by atoms with Gasteiger partial charge in [-0.3, -0.25) is 0 Å². The fourth-order valence-electron chi connectivity index (χ4n) is 2.84. The monoisotopic (exact) mass is 284 g/mol. The summed E-state index contributed by atoms with van der Waals surface area (Å²) in [5.41, 5.74) is 11.8. The maximum atomic E-state index is 6.03. The third-order valence-corrected chi connectivity index (χ3v) is 4.10. The molecule has 0 aromatic carbocycles. The van der Waals surface area contributed by atoms with Gasteiger partial charge < -0.3 is 11.5 Å². The quantitative estimate of drug-likeness (QED) is 0.409. The van der Waals surface area contributed by atoms with E-state index in [9.17, 15) is 0 Å². The van der Waals surface area contributed by atoms with E-state index in [4.69, 9.17) is 11.5 Å². The summed E-state index contributed by atoms with van der Waals surface area (Å²) in [7, 11) is 0. The van der Waals surface area contributed by atoms with Crippen molar-refractivity contribution in [2.24, 2.45) is 11.5 Å². The molecule has 2 unspecified atom stereocenters. The fourth-order valence-corrected chi connectivity index (χ4v) is 2.84. The Labute approximate surface area is 128 Å². The van der Waals surface area contributed by atoms with Gasteiger partial charge in [-0.2, -0.15) is 0 Å². The Morgan fingerprint density at radius 2 is 1.05 bits per heavy atom. The van der Waals surface area contributed by atoms with E-state index in [-0.39, 0.29) is 6.04 Å². The molecule has 0 heterocycles. The van der Waals surface area contributed by atoms with Gasteiger partial charge in [0, 0.05) is 12.1 Å². The molecule has 0 spiro atoms. The van der Waals surface area contributed by atoms with Crippen LogP contribution in [0.25, 0.3) is 0 Å². The standard InChI is InChI=1S/C18H40N2/c1-3-4-5-6-7-8-9-10-11-12-13-14-15-18(20)16-17(2)19/h17-18H,3-16,19-20H2,1-2H3. The van der Waals surface area contributed by atoms with Crippen LogP contribution in [0.1, 0.15) is 104 Å². The number of rotatable bonds is 15. The zero-order valence-corrected chi connectivity index (χ0v) is 14.2. The third-order valence-electron chi connectivity index (χ3n) is 4.10. The molecule has 2 nitrogen and oxygen atoms in total. The van der Waals surface area contributed by atoms with E-state index in [0.717, 1.165) is 12.8 Å². The van der Waals surface area contributed by atoms with Crippen molar-refractivity contribution < 1.29 is 0 Å². The second-order valence-corrected chi connectivity index (χ2v) is 6.65. The second kappa shape index (κ2) is 15.3. The second-order valence-electron chi connectivity index (χ2n) is 6.65. The largest absolute Gasteiger partial charge is 0.328 e. The highest BCUT2D eigenvalue weighted by atomic mass is 14.7. The molecule has 0 fully saturated rings. The fraction of sp³-hybridized carbons (Fsp3) is 1.00. The van der Waals surface area contributed by atoms with Crippen molar-refractivity contribution in [1.29, 1.82) is 0 Å². The van der Waals surface area contributed by atoms with Gasteiger partial charge in [-0.1, -0.05) is 84.0 Å². The lowest BCUT2D eigenvalue weighted by Gasteiger charge is -2.13. The van der Waals surface area contributed by atoms with E-state index < -0.39 is 0 Å². The van der Waals surface area contributed by atoms with Crippen molar-refractivity contribution in [3.8, 4) is 0 Å². The minimum Gasteiger partial charge on any atom is -0.328 e. The van der Waals surface area contributed by atoms with Crippen LogP contribution in [0.2, 0.25) is 0 Å². The smallest absolute Gasteiger partial charge is 0.00534 e. The van der Waals surface area contributed by atoms with E-state index in [1.165, 1.54) is 77.0 Å². The molecule has 0 aromatic rings. The van der Waals surface area contributed by atoms with E-state index in [1.54, 1.807) is 0 Å². The number of nitrogens with two attached hydrogens (primary N) is 2. The van der Waals surface area contributed by atoms with Crippen LogP contribution >= 0.6 is 0 Å². The van der Waals surface area contributed by atoms with Gasteiger partial charge >= 0.3 is 0 Å². The van der Waals surface area contributed by atoms with Crippen molar-refractivity contribution in [2.75, 3.05) is 0 Å². The van der Waals surface area contributed by atoms with Crippen molar-refractivity contribution in [2.45, 2.75) is 116 Å². The maximum absolute atomic E-state index is 6.03. The molecule has 4 N–H and O–H groups in total. The normalized spacial score (nSPS) is 14.4. The molecule has 0 radical (unpaired) electrons. The summed E-state index contributed by atoms with van der Waals surface area (Å²) < 4.78 is 0. The lowest BCUT2D eigenvalue weighted by Crippen LogP contribution is -2.29.